The van der Waals surface area contributed by atoms with E-state index in [0.29, 0.717) is 0 Å². The zero-order valence-corrected chi connectivity index (χ0v) is 29.6. The third-order valence-electron chi connectivity index (χ3n) is 12.5. The van der Waals surface area contributed by atoms with Crippen molar-refractivity contribution in [3.05, 3.63) is 204 Å². The monoisotopic (exact) mass is 698 g/mol. The Kier molecular flexibility index (Phi) is 5.59. The number of hydrogen-bond donors (Lipinski definition) is 0. The van der Waals surface area contributed by atoms with E-state index in [-0.39, 0.29) is 0 Å². The minimum atomic E-state index is -0.508. The van der Waals surface area contributed by atoms with E-state index < -0.39 is 5.41 Å². The Bertz CT molecular complexity index is 3400. The molecule has 2 aliphatic rings. The van der Waals surface area contributed by atoms with Gasteiger partial charge in [0.15, 0.2) is 0 Å². The SMILES string of the molecule is c1ccc2c(c1)-c1ccccc1C21c2cc(-c3ccc4oc5ccccc5c4c3)ccc2-c2c1cc(-c1ccc3oc4ccccc4c3c1)c1ccccc21. The Balaban J connectivity index is 1.13. The normalized spacial score (nSPS) is 13.6. The largest absolute Gasteiger partial charge is 0.456 e. The van der Waals surface area contributed by atoms with Gasteiger partial charge >= 0.3 is 0 Å². The highest BCUT2D eigenvalue weighted by Crippen LogP contribution is 2.65. The number of para-hydroxylation sites is 2. The van der Waals surface area contributed by atoms with E-state index in [2.05, 4.69) is 164 Å². The van der Waals surface area contributed by atoms with Gasteiger partial charge in [0.1, 0.15) is 22.3 Å². The van der Waals surface area contributed by atoms with Gasteiger partial charge in [-0.15, -0.1) is 0 Å². The first-order valence-corrected chi connectivity index (χ1v) is 19.0. The first-order chi connectivity index (χ1) is 27.3. The van der Waals surface area contributed by atoms with Gasteiger partial charge in [-0.3, -0.25) is 0 Å². The second-order valence-corrected chi connectivity index (χ2v) is 15.1. The highest BCUT2D eigenvalue weighted by molar-refractivity contribution is 6.13. The molecule has 0 unspecified atom stereocenters. The molecule has 0 N–H and O–H groups in total. The standard InChI is InChI=1S/C53H30O2/c1-2-16-39-34(11-1)41(33-23-26-51-43(28-33)38-15-6-10-20-49(38)55-51)30-47-52(39)40-24-21-32(31-22-25-50-42(27-31)37-14-5-9-19-48(37)54-50)29-46(40)53(47)44-17-7-3-12-35(44)36-13-4-8-18-45(36)53/h1-30H. The molecule has 0 aliphatic heterocycles. The lowest BCUT2D eigenvalue weighted by atomic mass is 9.69. The van der Waals surface area contributed by atoms with Gasteiger partial charge in [0.2, 0.25) is 0 Å². The van der Waals surface area contributed by atoms with Crippen LogP contribution in [0.5, 0.6) is 0 Å². The molecule has 254 valence electrons. The van der Waals surface area contributed by atoms with Gasteiger partial charge in [0.25, 0.3) is 0 Å². The Morgan fingerprint density at radius 2 is 0.764 bits per heavy atom. The van der Waals surface area contributed by atoms with Gasteiger partial charge in [-0.25, -0.2) is 0 Å². The fraction of sp³-hybridized carbons (Fsp3) is 0.0189. The number of benzene rings is 9. The molecule has 13 rings (SSSR count). The lowest BCUT2D eigenvalue weighted by Gasteiger charge is -2.31. The summed E-state index contributed by atoms with van der Waals surface area (Å²) in [6.45, 7) is 0. The molecule has 2 aliphatic carbocycles. The van der Waals surface area contributed by atoms with E-state index in [4.69, 9.17) is 8.83 Å². The molecule has 2 heteroatoms. The summed E-state index contributed by atoms with van der Waals surface area (Å²) in [4.78, 5) is 0. The summed E-state index contributed by atoms with van der Waals surface area (Å²) in [6, 6.07) is 66.8. The minimum Gasteiger partial charge on any atom is -0.456 e. The van der Waals surface area contributed by atoms with Crippen molar-refractivity contribution < 1.29 is 8.83 Å². The van der Waals surface area contributed by atoms with Gasteiger partial charge in [0.05, 0.1) is 5.41 Å². The topological polar surface area (TPSA) is 26.3 Å². The summed E-state index contributed by atoms with van der Waals surface area (Å²) in [7, 11) is 0. The first kappa shape index (κ1) is 29.3. The lowest BCUT2D eigenvalue weighted by molar-refractivity contribution is 0.668. The molecule has 0 amide bonds. The number of hydrogen-bond acceptors (Lipinski definition) is 2. The lowest BCUT2D eigenvalue weighted by Crippen LogP contribution is -2.26. The van der Waals surface area contributed by atoms with Crippen molar-refractivity contribution in [1.29, 1.82) is 0 Å². The molecular formula is C53H30O2. The molecule has 55 heavy (non-hydrogen) atoms. The Morgan fingerprint density at radius 3 is 1.44 bits per heavy atom. The molecule has 2 nitrogen and oxygen atoms in total. The third kappa shape index (κ3) is 3.73. The van der Waals surface area contributed by atoms with Gasteiger partial charge in [-0.1, -0.05) is 133 Å². The van der Waals surface area contributed by atoms with Crippen molar-refractivity contribution in [2.75, 3.05) is 0 Å². The van der Waals surface area contributed by atoms with Crippen molar-refractivity contribution in [3.8, 4) is 44.5 Å². The fourth-order valence-electron chi connectivity index (χ4n) is 10.2. The van der Waals surface area contributed by atoms with E-state index in [0.717, 1.165) is 43.9 Å². The van der Waals surface area contributed by atoms with E-state index in [9.17, 15) is 0 Å². The predicted molar refractivity (Wildman–Crippen MR) is 226 cm³/mol. The summed E-state index contributed by atoms with van der Waals surface area (Å²) in [5.41, 5.74) is 18.5. The summed E-state index contributed by atoms with van der Waals surface area (Å²) >= 11 is 0. The van der Waals surface area contributed by atoms with Gasteiger partial charge < -0.3 is 8.83 Å². The van der Waals surface area contributed by atoms with Crippen molar-refractivity contribution in [3.63, 3.8) is 0 Å². The molecule has 0 bridgehead atoms. The molecular weight excluding hydrogens is 669 g/mol. The van der Waals surface area contributed by atoms with E-state index in [1.165, 1.54) is 77.5 Å². The smallest absolute Gasteiger partial charge is 0.135 e. The van der Waals surface area contributed by atoms with Crippen LogP contribution in [0.3, 0.4) is 0 Å². The van der Waals surface area contributed by atoms with Crippen LogP contribution in [0.15, 0.2) is 191 Å². The second kappa shape index (κ2) is 10.5. The van der Waals surface area contributed by atoms with Crippen molar-refractivity contribution in [2.45, 2.75) is 5.41 Å². The van der Waals surface area contributed by atoms with Crippen molar-refractivity contribution in [2.24, 2.45) is 0 Å². The molecule has 9 aromatic carbocycles. The number of fused-ring (bicyclic) bond motifs is 18. The quantitative estimate of drug-likeness (QED) is 0.180. The minimum absolute atomic E-state index is 0.508. The van der Waals surface area contributed by atoms with Crippen molar-refractivity contribution in [1.82, 2.24) is 0 Å². The summed E-state index contributed by atoms with van der Waals surface area (Å²) in [6.07, 6.45) is 0. The summed E-state index contributed by atoms with van der Waals surface area (Å²) in [5.74, 6) is 0. The highest BCUT2D eigenvalue weighted by Gasteiger charge is 2.52. The van der Waals surface area contributed by atoms with Crippen LogP contribution >= 0.6 is 0 Å². The van der Waals surface area contributed by atoms with Crippen LogP contribution in [-0.2, 0) is 5.41 Å². The average Bonchev–Trinajstić information content (AvgIpc) is 3.98. The van der Waals surface area contributed by atoms with E-state index in [1.54, 1.807) is 0 Å². The number of rotatable bonds is 2. The molecule has 2 heterocycles. The summed E-state index contributed by atoms with van der Waals surface area (Å²) in [5, 5.41) is 7.08. The summed E-state index contributed by atoms with van der Waals surface area (Å²) < 4.78 is 12.5. The average molecular weight is 699 g/mol. The van der Waals surface area contributed by atoms with Crippen LogP contribution in [-0.4, -0.2) is 0 Å². The molecule has 0 saturated heterocycles. The Morgan fingerprint density at radius 1 is 0.273 bits per heavy atom. The molecule has 11 aromatic rings. The van der Waals surface area contributed by atoms with Gasteiger partial charge in [-0.05, 0) is 126 Å². The maximum absolute atomic E-state index is 6.28. The maximum atomic E-state index is 6.28. The Labute approximate surface area is 316 Å². The molecule has 2 aromatic heterocycles. The molecule has 0 radical (unpaired) electrons. The zero-order chi connectivity index (χ0) is 35.8. The third-order valence-corrected chi connectivity index (χ3v) is 12.5. The predicted octanol–water partition coefficient (Wildman–Crippen LogP) is 14.3. The maximum Gasteiger partial charge on any atom is 0.135 e. The number of furan rings is 2. The molecule has 0 saturated carbocycles. The second-order valence-electron chi connectivity index (χ2n) is 15.1. The Hall–Kier alpha value is -7.16. The van der Waals surface area contributed by atoms with E-state index in [1.807, 2.05) is 18.2 Å². The van der Waals surface area contributed by atoms with Crippen LogP contribution in [0, 0.1) is 0 Å². The zero-order valence-electron chi connectivity index (χ0n) is 29.6. The van der Waals surface area contributed by atoms with Crippen LogP contribution in [0.2, 0.25) is 0 Å². The van der Waals surface area contributed by atoms with Crippen LogP contribution in [0.1, 0.15) is 22.3 Å². The van der Waals surface area contributed by atoms with Gasteiger partial charge in [-0.2, -0.15) is 0 Å². The molecule has 1 spiro atoms. The van der Waals surface area contributed by atoms with Crippen LogP contribution < -0.4 is 0 Å². The first-order valence-electron chi connectivity index (χ1n) is 19.0. The van der Waals surface area contributed by atoms with Crippen LogP contribution in [0.25, 0.3) is 99.2 Å². The van der Waals surface area contributed by atoms with Crippen LogP contribution in [0.4, 0.5) is 0 Å². The fourth-order valence-corrected chi connectivity index (χ4v) is 10.2. The van der Waals surface area contributed by atoms with Crippen molar-refractivity contribution >= 4 is 54.6 Å². The van der Waals surface area contributed by atoms with E-state index >= 15 is 0 Å². The van der Waals surface area contributed by atoms with Gasteiger partial charge in [0, 0.05) is 21.5 Å². The molecule has 0 fully saturated rings. The highest BCUT2D eigenvalue weighted by atomic mass is 16.3. The molecule has 0 atom stereocenters.